The number of rotatable bonds is 9. The van der Waals surface area contributed by atoms with E-state index < -0.39 is 0 Å². The summed E-state index contributed by atoms with van der Waals surface area (Å²) in [5, 5.41) is 0. The van der Waals surface area contributed by atoms with Gasteiger partial charge in [0.2, 0.25) is 5.75 Å². The van der Waals surface area contributed by atoms with Crippen molar-refractivity contribution in [3.63, 3.8) is 0 Å². The zero-order chi connectivity index (χ0) is 23.4. The van der Waals surface area contributed by atoms with Crippen molar-refractivity contribution in [2.45, 2.75) is 12.5 Å². The highest BCUT2D eigenvalue weighted by molar-refractivity contribution is 6.07. The molecule has 4 rings (SSSR count). The molecule has 8 nitrogen and oxygen atoms in total. The van der Waals surface area contributed by atoms with Gasteiger partial charge in [0, 0.05) is 32.7 Å². The second kappa shape index (κ2) is 11.6. The molecular weight excluding hydrogens is 460 g/mol. The van der Waals surface area contributed by atoms with E-state index in [1.54, 1.807) is 28.4 Å². The molecule has 0 radical (unpaired) electrons. The summed E-state index contributed by atoms with van der Waals surface area (Å²) < 4.78 is 27.5. The number of nitrogens with zero attached hydrogens (tertiary/aromatic N) is 2. The smallest absolute Gasteiger partial charge is 0.204 e. The molecule has 2 aromatic rings. The minimum Gasteiger partial charge on any atom is -0.497 e. The topological polar surface area (TPSA) is 69.7 Å². The number of fused-ring (bicyclic) bond motifs is 1. The Balaban J connectivity index is 0.00000324. The van der Waals surface area contributed by atoms with Crippen molar-refractivity contribution >= 4 is 18.2 Å². The molecule has 1 unspecified atom stereocenters. The van der Waals surface area contributed by atoms with E-state index in [1.807, 2.05) is 30.3 Å². The van der Waals surface area contributed by atoms with Crippen LogP contribution in [0.15, 0.2) is 30.3 Å². The number of methoxy groups -OCH3 is 4. The summed E-state index contributed by atoms with van der Waals surface area (Å²) in [6.45, 7) is 4.94. The molecule has 1 aliphatic carbocycles. The molecule has 186 valence electrons. The Bertz CT molecular complexity index is 976. The highest BCUT2D eigenvalue weighted by Crippen LogP contribution is 2.45. The highest BCUT2D eigenvalue weighted by Gasteiger charge is 2.40. The van der Waals surface area contributed by atoms with Crippen molar-refractivity contribution in [2.24, 2.45) is 0 Å². The van der Waals surface area contributed by atoms with E-state index in [1.165, 1.54) is 0 Å². The lowest BCUT2D eigenvalue weighted by Crippen LogP contribution is -2.52. The molecule has 2 aromatic carbocycles. The molecule has 1 heterocycles. The molecule has 1 atom stereocenters. The van der Waals surface area contributed by atoms with Gasteiger partial charge in [-0.1, -0.05) is 0 Å². The Kier molecular flexibility index (Phi) is 8.88. The number of piperazine rings is 1. The molecule has 1 aliphatic heterocycles. The molecule has 0 N–H and O–H groups in total. The first kappa shape index (κ1) is 25.9. The van der Waals surface area contributed by atoms with Gasteiger partial charge in [-0.2, -0.15) is 0 Å². The molecule has 2 aliphatic rings. The molecule has 34 heavy (non-hydrogen) atoms. The Hall–Kier alpha value is -2.68. The number of halogens is 1. The standard InChI is InChI=1S/C25H32N2O6.ClH/c1-29-18-5-7-19(8-6-18)33-14-13-26-9-11-27(12-10-26)20-15-17-16-21(30-2)24(31-3)25(32-4)22(17)23(20)28;/h5-8,16,20H,9-15H2,1-4H3;1H. The molecule has 0 saturated carbocycles. The van der Waals surface area contributed by atoms with Gasteiger partial charge in [0.1, 0.15) is 18.1 Å². The van der Waals surface area contributed by atoms with Gasteiger partial charge in [-0.05, 0) is 42.3 Å². The van der Waals surface area contributed by atoms with E-state index in [4.69, 9.17) is 23.7 Å². The van der Waals surface area contributed by atoms with Crippen LogP contribution in [-0.4, -0.2) is 89.4 Å². The first-order chi connectivity index (χ1) is 16.1. The maximum Gasteiger partial charge on any atom is 0.204 e. The van der Waals surface area contributed by atoms with Gasteiger partial charge in [-0.25, -0.2) is 0 Å². The van der Waals surface area contributed by atoms with Crippen LogP contribution in [0.3, 0.4) is 0 Å². The van der Waals surface area contributed by atoms with E-state index in [0.717, 1.165) is 49.8 Å². The van der Waals surface area contributed by atoms with Crippen LogP contribution in [0.25, 0.3) is 0 Å². The molecule has 1 saturated heterocycles. The van der Waals surface area contributed by atoms with Gasteiger partial charge in [0.15, 0.2) is 17.3 Å². The number of benzene rings is 2. The van der Waals surface area contributed by atoms with Gasteiger partial charge in [-0.3, -0.25) is 14.6 Å². The third-order valence-electron chi connectivity index (χ3n) is 6.46. The lowest BCUT2D eigenvalue weighted by Gasteiger charge is -2.37. The van der Waals surface area contributed by atoms with Crippen LogP contribution < -0.4 is 23.7 Å². The van der Waals surface area contributed by atoms with E-state index in [-0.39, 0.29) is 24.2 Å². The number of Topliss-reactive ketones (excluding diaryl/α,β-unsaturated/α-hetero) is 1. The van der Waals surface area contributed by atoms with Crippen LogP contribution in [0.1, 0.15) is 15.9 Å². The lowest BCUT2D eigenvalue weighted by molar-refractivity contribution is 0.0665. The van der Waals surface area contributed by atoms with Gasteiger partial charge in [-0.15, -0.1) is 12.4 Å². The van der Waals surface area contributed by atoms with E-state index in [2.05, 4.69) is 9.80 Å². The fraction of sp³-hybridized carbons (Fsp3) is 0.480. The van der Waals surface area contributed by atoms with Crippen molar-refractivity contribution in [3.05, 3.63) is 41.5 Å². The summed E-state index contributed by atoms with van der Waals surface area (Å²) >= 11 is 0. The van der Waals surface area contributed by atoms with Gasteiger partial charge in [0.25, 0.3) is 0 Å². The van der Waals surface area contributed by atoms with Crippen molar-refractivity contribution < 1.29 is 28.5 Å². The number of carbonyl (C=O) groups is 1. The predicted molar refractivity (Wildman–Crippen MR) is 132 cm³/mol. The van der Waals surface area contributed by atoms with E-state index in [0.29, 0.717) is 35.8 Å². The number of ether oxygens (including phenoxy) is 5. The van der Waals surface area contributed by atoms with Crippen LogP contribution in [0.2, 0.25) is 0 Å². The van der Waals surface area contributed by atoms with Gasteiger partial charge >= 0.3 is 0 Å². The van der Waals surface area contributed by atoms with Crippen LogP contribution >= 0.6 is 12.4 Å². The Morgan fingerprint density at radius 2 is 1.50 bits per heavy atom. The molecule has 0 aromatic heterocycles. The summed E-state index contributed by atoms with van der Waals surface area (Å²) in [6, 6.07) is 9.34. The zero-order valence-corrected chi connectivity index (χ0v) is 21.0. The predicted octanol–water partition coefficient (Wildman–Crippen LogP) is 2.95. The number of hydrogen-bond donors (Lipinski definition) is 0. The SMILES string of the molecule is COc1ccc(OCCN2CCN(C3Cc4cc(OC)c(OC)c(OC)c4C3=O)CC2)cc1.Cl. The van der Waals surface area contributed by atoms with Crippen molar-refractivity contribution in [2.75, 3.05) is 67.8 Å². The summed E-state index contributed by atoms with van der Waals surface area (Å²) in [5.41, 5.74) is 1.57. The maximum atomic E-state index is 13.3. The van der Waals surface area contributed by atoms with Crippen LogP contribution in [0, 0.1) is 0 Å². The summed E-state index contributed by atoms with van der Waals surface area (Å²) in [6.07, 6.45) is 0.658. The lowest BCUT2D eigenvalue weighted by atomic mass is 10.1. The quantitative estimate of drug-likeness (QED) is 0.529. The number of carbonyl (C=O) groups excluding carboxylic acids is 1. The maximum absolute atomic E-state index is 13.3. The molecule has 0 amide bonds. The number of ketones is 1. The Labute approximate surface area is 207 Å². The normalized spacial score (nSPS) is 18.1. The Morgan fingerprint density at radius 3 is 2.09 bits per heavy atom. The van der Waals surface area contributed by atoms with Crippen LogP contribution in [-0.2, 0) is 6.42 Å². The van der Waals surface area contributed by atoms with Crippen molar-refractivity contribution in [3.8, 4) is 28.7 Å². The van der Waals surface area contributed by atoms with Crippen molar-refractivity contribution in [1.29, 1.82) is 0 Å². The Morgan fingerprint density at radius 1 is 0.853 bits per heavy atom. The summed E-state index contributed by atoms with van der Waals surface area (Å²) in [5.74, 6) is 3.27. The highest BCUT2D eigenvalue weighted by atomic mass is 35.5. The largest absolute Gasteiger partial charge is 0.497 e. The van der Waals surface area contributed by atoms with Crippen LogP contribution in [0.5, 0.6) is 28.7 Å². The third kappa shape index (κ3) is 5.19. The fourth-order valence-corrected chi connectivity index (χ4v) is 4.66. The molecular formula is C25H33ClN2O6. The van der Waals surface area contributed by atoms with Gasteiger partial charge < -0.3 is 23.7 Å². The zero-order valence-electron chi connectivity index (χ0n) is 20.2. The molecule has 1 fully saturated rings. The summed E-state index contributed by atoms with van der Waals surface area (Å²) in [7, 11) is 6.36. The van der Waals surface area contributed by atoms with Gasteiger partial charge in [0.05, 0.1) is 40.0 Å². The number of hydrogen-bond acceptors (Lipinski definition) is 8. The second-order valence-corrected chi connectivity index (χ2v) is 8.17. The minimum atomic E-state index is -0.177. The summed E-state index contributed by atoms with van der Waals surface area (Å²) in [4.78, 5) is 18.0. The first-order valence-corrected chi connectivity index (χ1v) is 11.2. The average Bonchev–Trinajstić information content (AvgIpc) is 3.19. The fourth-order valence-electron chi connectivity index (χ4n) is 4.66. The van der Waals surface area contributed by atoms with Crippen LogP contribution in [0.4, 0.5) is 0 Å². The van der Waals surface area contributed by atoms with Crippen molar-refractivity contribution in [1.82, 2.24) is 9.80 Å². The van der Waals surface area contributed by atoms with E-state index in [9.17, 15) is 4.79 Å². The molecule has 0 spiro atoms. The average molecular weight is 493 g/mol. The monoisotopic (exact) mass is 492 g/mol. The first-order valence-electron chi connectivity index (χ1n) is 11.2. The van der Waals surface area contributed by atoms with E-state index >= 15 is 0 Å². The molecule has 0 bridgehead atoms. The minimum absolute atomic E-state index is 0. The third-order valence-corrected chi connectivity index (χ3v) is 6.46. The second-order valence-electron chi connectivity index (χ2n) is 8.17. The molecule has 9 heteroatoms.